The molecule has 2 aromatic rings. The van der Waals surface area contributed by atoms with Gasteiger partial charge in [-0.2, -0.15) is 0 Å². The molecule has 1 aromatic carbocycles. The summed E-state index contributed by atoms with van der Waals surface area (Å²) < 4.78 is 31.2. The summed E-state index contributed by atoms with van der Waals surface area (Å²) in [6, 6.07) is 6.20. The summed E-state index contributed by atoms with van der Waals surface area (Å²) in [4.78, 5) is 15.3. The van der Waals surface area contributed by atoms with Crippen molar-refractivity contribution in [2.45, 2.75) is 0 Å². The number of pyridine rings is 1. The van der Waals surface area contributed by atoms with E-state index in [1.807, 2.05) is 0 Å². The van der Waals surface area contributed by atoms with Gasteiger partial charge in [-0.05, 0) is 30.3 Å². The molecule has 0 saturated carbocycles. The number of benzene rings is 1. The fourth-order valence-corrected chi connectivity index (χ4v) is 1.42. The van der Waals surface area contributed by atoms with Gasteiger partial charge in [0.15, 0.2) is 0 Å². The molecule has 6 heteroatoms. The molecule has 0 spiro atoms. The lowest BCUT2D eigenvalue weighted by atomic mass is 10.2. The molecule has 0 atom stereocenters. The fraction of sp³-hybridized carbons (Fsp3) is 0.0769. The van der Waals surface area contributed by atoms with Gasteiger partial charge in [0.1, 0.15) is 22.9 Å². The SMILES string of the molecule is CNC(=O)c1cc(F)cnc1Oc1ccc(F)cc1. The number of halogens is 2. The first-order valence-corrected chi connectivity index (χ1v) is 5.41. The highest BCUT2D eigenvalue weighted by atomic mass is 19.1. The molecule has 4 nitrogen and oxygen atoms in total. The van der Waals surface area contributed by atoms with E-state index >= 15 is 0 Å². The normalized spacial score (nSPS) is 10.1. The average Bonchev–Trinajstić information content (AvgIpc) is 2.42. The van der Waals surface area contributed by atoms with Crippen LogP contribution in [0.1, 0.15) is 10.4 Å². The summed E-state index contributed by atoms with van der Waals surface area (Å²) in [6.07, 6.45) is 0.936. The number of hydrogen-bond donors (Lipinski definition) is 1. The monoisotopic (exact) mass is 264 g/mol. The molecule has 98 valence electrons. The largest absolute Gasteiger partial charge is 0.438 e. The van der Waals surface area contributed by atoms with Gasteiger partial charge in [-0.1, -0.05) is 0 Å². The summed E-state index contributed by atoms with van der Waals surface area (Å²) in [5.74, 6) is -1.34. The first-order chi connectivity index (χ1) is 9.10. The Morgan fingerprint density at radius 2 is 1.89 bits per heavy atom. The van der Waals surface area contributed by atoms with Crippen LogP contribution in [0, 0.1) is 11.6 Å². The van der Waals surface area contributed by atoms with Crippen molar-refractivity contribution in [1.82, 2.24) is 10.3 Å². The van der Waals surface area contributed by atoms with Gasteiger partial charge in [0, 0.05) is 7.05 Å². The molecule has 1 aromatic heterocycles. The fourth-order valence-electron chi connectivity index (χ4n) is 1.42. The van der Waals surface area contributed by atoms with E-state index in [1.54, 1.807) is 0 Å². The van der Waals surface area contributed by atoms with Crippen molar-refractivity contribution in [3.63, 3.8) is 0 Å². The minimum atomic E-state index is -0.648. The molecule has 1 heterocycles. The lowest BCUT2D eigenvalue weighted by Crippen LogP contribution is -2.19. The van der Waals surface area contributed by atoms with Gasteiger partial charge in [-0.3, -0.25) is 4.79 Å². The molecule has 0 fully saturated rings. The van der Waals surface area contributed by atoms with E-state index in [1.165, 1.54) is 31.3 Å². The molecule has 19 heavy (non-hydrogen) atoms. The Bertz CT molecular complexity index is 600. The van der Waals surface area contributed by atoms with Crippen LogP contribution >= 0.6 is 0 Å². The van der Waals surface area contributed by atoms with Crippen molar-refractivity contribution in [2.24, 2.45) is 0 Å². The van der Waals surface area contributed by atoms with Crippen LogP contribution < -0.4 is 10.1 Å². The standard InChI is InChI=1S/C13H10F2N2O2/c1-16-12(18)11-6-9(15)7-17-13(11)19-10-4-2-8(14)3-5-10/h2-7H,1H3,(H,16,18). The number of rotatable bonds is 3. The Morgan fingerprint density at radius 1 is 1.21 bits per heavy atom. The van der Waals surface area contributed by atoms with Crippen LogP contribution in [-0.2, 0) is 0 Å². The molecule has 0 aliphatic carbocycles. The second-order valence-electron chi connectivity index (χ2n) is 3.64. The molecule has 1 N–H and O–H groups in total. The highest BCUT2D eigenvalue weighted by Crippen LogP contribution is 2.23. The molecule has 0 bridgehead atoms. The Balaban J connectivity index is 2.34. The van der Waals surface area contributed by atoms with E-state index in [0.717, 1.165) is 12.3 Å². The lowest BCUT2D eigenvalue weighted by Gasteiger charge is -2.09. The van der Waals surface area contributed by atoms with Gasteiger partial charge in [0.2, 0.25) is 5.88 Å². The molecule has 2 rings (SSSR count). The van der Waals surface area contributed by atoms with Crippen LogP contribution in [0.15, 0.2) is 36.5 Å². The Morgan fingerprint density at radius 3 is 2.53 bits per heavy atom. The number of amides is 1. The zero-order chi connectivity index (χ0) is 13.8. The number of carbonyl (C=O) groups excluding carboxylic acids is 1. The maximum Gasteiger partial charge on any atom is 0.256 e. The Labute approximate surface area is 108 Å². The van der Waals surface area contributed by atoms with Gasteiger partial charge in [0.25, 0.3) is 5.91 Å². The van der Waals surface area contributed by atoms with Crippen molar-refractivity contribution in [2.75, 3.05) is 7.05 Å². The summed E-state index contributed by atoms with van der Waals surface area (Å²) >= 11 is 0. The van der Waals surface area contributed by atoms with Crippen molar-refractivity contribution in [1.29, 1.82) is 0 Å². The molecular formula is C13H10F2N2O2. The van der Waals surface area contributed by atoms with Gasteiger partial charge in [-0.15, -0.1) is 0 Å². The first kappa shape index (κ1) is 12.9. The van der Waals surface area contributed by atoms with Crippen molar-refractivity contribution in [3.05, 3.63) is 53.7 Å². The average molecular weight is 264 g/mol. The topological polar surface area (TPSA) is 51.2 Å². The number of hydrogen-bond acceptors (Lipinski definition) is 3. The molecule has 0 aliphatic heterocycles. The van der Waals surface area contributed by atoms with Crippen molar-refractivity contribution < 1.29 is 18.3 Å². The summed E-state index contributed by atoms with van der Waals surface area (Å²) in [7, 11) is 1.41. The molecule has 0 unspecified atom stereocenters. The highest BCUT2D eigenvalue weighted by Gasteiger charge is 2.14. The lowest BCUT2D eigenvalue weighted by molar-refractivity contribution is 0.0959. The highest BCUT2D eigenvalue weighted by molar-refractivity contribution is 5.96. The van der Waals surface area contributed by atoms with Crippen LogP contribution in [-0.4, -0.2) is 17.9 Å². The second-order valence-corrected chi connectivity index (χ2v) is 3.64. The van der Waals surface area contributed by atoms with Crippen LogP contribution in [0.5, 0.6) is 11.6 Å². The van der Waals surface area contributed by atoms with E-state index in [9.17, 15) is 13.6 Å². The maximum absolute atomic E-state index is 13.1. The smallest absolute Gasteiger partial charge is 0.256 e. The number of aromatic nitrogens is 1. The minimum Gasteiger partial charge on any atom is -0.438 e. The maximum atomic E-state index is 13.1. The number of carbonyl (C=O) groups is 1. The van der Waals surface area contributed by atoms with Gasteiger partial charge in [0.05, 0.1) is 6.20 Å². The van der Waals surface area contributed by atoms with E-state index in [4.69, 9.17) is 4.74 Å². The Kier molecular flexibility index (Phi) is 3.70. The zero-order valence-electron chi connectivity index (χ0n) is 9.98. The number of nitrogens with one attached hydrogen (secondary N) is 1. The van der Waals surface area contributed by atoms with Crippen molar-refractivity contribution in [3.8, 4) is 11.6 Å². The van der Waals surface area contributed by atoms with Gasteiger partial charge in [-0.25, -0.2) is 13.8 Å². The predicted molar refractivity (Wildman–Crippen MR) is 64.1 cm³/mol. The number of nitrogens with zero attached hydrogens (tertiary/aromatic N) is 1. The molecular weight excluding hydrogens is 254 g/mol. The van der Waals surface area contributed by atoms with E-state index < -0.39 is 17.5 Å². The summed E-state index contributed by atoms with van der Waals surface area (Å²) in [6.45, 7) is 0. The molecule has 0 radical (unpaired) electrons. The van der Waals surface area contributed by atoms with Crippen LogP contribution in [0.3, 0.4) is 0 Å². The van der Waals surface area contributed by atoms with Crippen LogP contribution in [0.25, 0.3) is 0 Å². The van der Waals surface area contributed by atoms with Crippen LogP contribution in [0.4, 0.5) is 8.78 Å². The third-order valence-corrected chi connectivity index (χ3v) is 2.32. The number of ether oxygens (including phenoxy) is 1. The first-order valence-electron chi connectivity index (χ1n) is 5.41. The summed E-state index contributed by atoms with van der Waals surface area (Å²) in [5.41, 5.74) is -0.0353. The van der Waals surface area contributed by atoms with Gasteiger partial charge >= 0.3 is 0 Å². The Hall–Kier alpha value is -2.50. The molecule has 0 aliphatic rings. The minimum absolute atomic E-state index is 0.0353. The van der Waals surface area contributed by atoms with E-state index in [2.05, 4.69) is 10.3 Å². The van der Waals surface area contributed by atoms with Crippen molar-refractivity contribution >= 4 is 5.91 Å². The molecule has 1 amide bonds. The van der Waals surface area contributed by atoms with E-state index in [-0.39, 0.29) is 11.4 Å². The summed E-state index contributed by atoms with van der Waals surface area (Å²) in [5, 5.41) is 2.36. The quantitative estimate of drug-likeness (QED) is 0.926. The van der Waals surface area contributed by atoms with E-state index in [0.29, 0.717) is 5.75 Å². The molecule has 0 saturated heterocycles. The van der Waals surface area contributed by atoms with Crippen LogP contribution in [0.2, 0.25) is 0 Å². The zero-order valence-corrected chi connectivity index (χ0v) is 9.98. The second kappa shape index (κ2) is 5.43. The predicted octanol–water partition coefficient (Wildman–Crippen LogP) is 2.51. The van der Waals surface area contributed by atoms with Gasteiger partial charge < -0.3 is 10.1 Å². The third kappa shape index (κ3) is 3.04. The third-order valence-electron chi connectivity index (χ3n) is 2.32.